The van der Waals surface area contributed by atoms with Gasteiger partial charge in [-0.1, -0.05) is 43.3 Å². The molecule has 4 aromatic rings. The van der Waals surface area contributed by atoms with Crippen LogP contribution in [0, 0.1) is 6.92 Å². The van der Waals surface area contributed by atoms with Crippen molar-refractivity contribution in [2.75, 3.05) is 10.2 Å². The standard InChI is InChI=1S/C28H26N4O2S/c1-3-25(33)30-21-13-12-20(17-18(21)2)32-27(26(31-28(32)35)22-11-7-8-16-29-22)24-15-14-23(34-24)19-9-5-4-6-10-19/h4-17,26-27H,3H2,1-2H3,(H,30,33)(H,31,35)/t26-,27-/m1/s1. The molecule has 1 aliphatic heterocycles. The summed E-state index contributed by atoms with van der Waals surface area (Å²) in [4.78, 5) is 18.6. The van der Waals surface area contributed by atoms with Crippen molar-refractivity contribution in [3.63, 3.8) is 0 Å². The predicted molar refractivity (Wildman–Crippen MR) is 142 cm³/mol. The highest BCUT2D eigenvalue weighted by molar-refractivity contribution is 7.80. The average Bonchev–Trinajstić information content (AvgIpc) is 3.51. The van der Waals surface area contributed by atoms with Crippen LogP contribution in [0.5, 0.6) is 0 Å². The lowest BCUT2D eigenvalue weighted by molar-refractivity contribution is -0.115. The van der Waals surface area contributed by atoms with Crippen LogP contribution in [0.25, 0.3) is 11.3 Å². The smallest absolute Gasteiger partial charge is 0.224 e. The number of aromatic nitrogens is 1. The molecule has 2 aromatic heterocycles. The summed E-state index contributed by atoms with van der Waals surface area (Å²) < 4.78 is 6.40. The molecule has 0 aliphatic carbocycles. The van der Waals surface area contributed by atoms with Gasteiger partial charge < -0.3 is 20.0 Å². The molecule has 5 rings (SSSR count). The molecule has 0 radical (unpaired) electrons. The van der Waals surface area contributed by atoms with Crippen molar-refractivity contribution in [3.8, 4) is 11.3 Å². The molecule has 1 fully saturated rings. The molecule has 0 bridgehead atoms. The van der Waals surface area contributed by atoms with Crippen molar-refractivity contribution in [2.45, 2.75) is 32.4 Å². The van der Waals surface area contributed by atoms with E-state index in [0.717, 1.165) is 39.7 Å². The van der Waals surface area contributed by atoms with E-state index in [1.165, 1.54) is 0 Å². The van der Waals surface area contributed by atoms with Crippen LogP contribution >= 0.6 is 12.2 Å². The molecule has 2 atom stereocenters. The summed E-state index contributed by atoms with van der Waals surface area (Å²) in [5.74, 6) is 1.57. The summed E-state index contributed by atoms with van der Waals surface area (Å²) in [6.45, 7) is 3.82. The van der Waals surface area contributed by atoms with Crippen molar-refractivity contribution >= 4 is 34.6 Å². The molecule has 3 heterocycles. The summed E-state index contributed by atoms with van der Waals surface area (Å²) in [7, 11) is 0. The number of carbonyl (C=O) groups is 1. The molecule has 176 valence electrons. The molecule has 7 heteroatoms. The first kappa shape index (κ1) is 22.8. The zero-order valence-corrected chi connectivity index (χ0v) is 20.4. The van der Waals surface area contributed by atoms with Gasteiger partial charge in [-0.05, 0) is 67.2 Å². The van der Waals surface area contributed by atoms with Crippen LogP contribution in [-0.2, 0) is 4.79 Å². The maximum absolute atomic E-state index is 11.9. The van der Waals surface area contributed by atoms with E-state index in [9.17, 15) is 4.79 Å². The summed E-state index contributed by atoms with van der Waals surface area (Å²) in [6, 6.07) is 25.4. The largest absolute Gasteiger partial charge is 0.459 e. The molecule has 0 saturated carbocycles. The zero-order valence-electron chi connectivity index (χ0n) is 19.6. The van der Waals surface area contributed by atoms with Gasteiger partial charge in [-0.25, -0.2) is 0 Å². The van der Waals surface area contributed by atoms with Crippen molar-refractivity contribution < 1.29 is 9.21 Å². The molecular weight excluding hydrogens is 456 g/mol. The van der Waals surface area contributed by atoms with Crippen LogP contribution in [0.4, 0.5) is 11.4 Å². The van der Waals surface area contributed by atoms with Crippen molar-refractivity contribution in [2.24, 2.45) is 0 Å². The Morgan fingerprint density at radius 2 is 1.89 bits per heavy atom. The minimum absolute atomic E-state index is 0.0173. The van der Waals surface area contributed by atoms with Crippen LogP contribution < -0.4 is 15.5 Å². The molecule has 6 nitrogen and oxygen atoms in total. The molecule has 1 aliphatic rings. The Kier molecular flexibility index (Phi) is 6.33. The van der Waals surface area contributed by atoms with E-state index in [0.29, 0.717) is 11.5 Å². The quantitative estimate of drug-likeness (QED) is 0.320. The van der Waals surface area contributed by atoms with Gasteiger partial charge in [0, 0.05) is 29.6 Å². The van der Waals surface area contributed by atoms with E-state index < -0.39 is 0 Å². The number of aryl methyl sites for hydroxylation is 1. The van der Waals surface area contributed by atoms with Crippen molar-refractivity contribution in [1.82, 2.24) is 10.3 Å². The number of hydrogen-bond donors (Lipinski definition) is 2. The highest BCUT2D eigenvalue weighted by Gasteiger charge is 2.42. The number of rotatable bonds is 6. The third-order valence-electron chi connectivity index (χ3n) is 6.16. The fourth-order valence-corrected chi connectivity index (χ4v) is 4.71. The number of benzene rings is 2. The Bertz CT molecular complexity index is 1350. The summed E-state index contributed by atoms with van der Waals surface area (Å²) >= 11 is 5.82. The second-order valence-electron chi connectivity index (χ2n) is 8.47. The SMILES string of the molecule is CCC(=O)Nc1ccc(N2C(=S)N[C@H](c3ccccn3)[C@H]2c2ccc(-c3ccccc3)o2)cc1C. The fraction of sp³-hybridized carbons (Fsp3) is 0.179. The topological polar surface area (TPSA) is 70.4 Å². The maximum atomic E-state index is 11.9. The first-order chi connectivity index (χ1) is 17.0. The second kappa shape index (κ2) is 9.72. The normalized spacial score (nSPS) is 17.3. The van der Waals surface area contributed by atoms with Crippen LogP contribution in [0.2, 0.25) is 0 Å². The number of carbonyl (C=O) groups excluding carboxylic acids is 1. The lowest BCUT2D eigenvalue weighted by Crippen LogP contribution is -2.29. The van der Waals surface area contributed by atoms with Gasteiger partial charge in [-0.2, -0.15) is 0 Å². The first-order valence-electron chi connectivity index (χ1n) is 11.6. The van der Waals surface area contributed by atoms with Crippen LogP contribution in [0.15, 0.2) is 89.5 Å². The molecule has 1 saturated heterocycles. The number of nitrogens with one attached hydrogen (secondary N) is 2. The lowest BCUT2D eigenvalue weighted by Gasteiger charge is -2.26. The molecular formula is C28H26N4O2S. The van der Waals surface area contributed by atoms with Crippen LogP contribution in [0.3, 0.4) is 0 Å². The van der Waals surface area contributed by atoms with Gasteiger partial charge in [0.1, 0.15) is 17.6 Å². The number of thiocarbonyl (C=S) groups is 1. The average molecular weight is 483 g/mol. The van der Waals surface area contributed by atoms with Crippen molar-refractivity contribution in [1.29, 1.82) is 0 Å². The summed E-state index contributed by atoms with van der Waals surface area (Å²) in [6.07, 6.45) is 2.21. The molecule has 0 unspecified atom stereocenters. The molecule has 0 spiro atoms. The number of nitrogens with zero attached hydrogens (tertiary/aromatic N) is 2. The number of hydrogen-bond acceptors (Lipinski definition) is 4. The van der Waals surface area contributed by atoms with E-state index in [-0.39, 0.29) is 18.0 Å². The van der Waals surface area contributed by atoms with E-state index in [2.05, 4.69) is 20.5 Å². The minimum Gasteiger partial charge on any atom is -0.459 e. The third-order valence-corrected chi connectivity index (χ3v) is 6.47. The Morgan fingerprint density at radius 1 is 1.09 bits per heavy atom. The van der Waals surface area contributed by atoms with Crippen LogP contribution in [-0.4, -0.2) is 16.0 Å². The maximum Gasteiger partial charge on any atom is 0.224 e. The van der Waals surface area contributed by atoms with Crippen molar-refractivity contribution in [3.05, 3.63) is 102 Å². The van der Waals surface area contributed by atoms with E-state index in [1.54, 1.807) is 6.20 Å². The predicted octanol–water partition coefficient (Wildman–Crippen LogP) is 6.18. The lowest BCUT2D eigenvalue weighted by atomic mass is 10.0. The monoisotopic (exact) mass is 482 g/mol. The number of anilines is 2. The highest BCUT2D eigenvalue weighted by atomic mass is 32.1. The van der Waals surface area contributed by atoms with Gasteiger partial charge in [0.15, 0.2) is 5.11 Å². The third kappa shape index (κ3) is 4.55. The fourth-order valence-electron chi connectivity index (χ4n) is 4.37. The van der Waals surface area contributed by atoms with Gasteiger partial charge in [-0.15, -0.1) is 0 Å². The van der Waals surface area contributed by atoms with Gasteiger partial charge >= 0.3 is 0 Å². The Hall–Kier alpha value is -3.97. The molecule has 2 N–H and O–H groups in total. The molecule has 2 aromatic carbocycles. The Labute approximate surface area is 210 Å². The summed E-state index contributed by atoms with van der Waals surface area (Å²) in [5, 5.41) is 7.00. The first-order valence-corrected chi connectivity index (χ1v) is 12.0. The summed E-state index contributed by atoms with van der Waals surface area (Å²) in [5.41, 5.74) is 4.55. The Morgan fingerprint density at radius 3 is 2.60 bits per heavy atom. The zero-order chi connectivity index (χ0) is 24.4. The van der Waals surface area contributed by atoms with Gasteiger partial charge in [-0.3, -0.25) is 9.78 Å². The van der Waals surface area contributed by atoms with Gasteiger partial charge in [0.05, 0.1) is 11.7 Å². The van der Waals surface area contributed by atoms with E-state index >= 15 is 0 Å². The highest BCUT2D eigenvalue weighted by Crippen LogP contribution is 2.43. The van der Waals surface area contributed by atoms with Crippen LogP contribution in [0.1, 0.15) is 42.4 Å². The minimum atomic E-state index is -0.245. The van der Waals surface area contributed by atoms with E-state index in [4.69, 9.17) is 16.6 Å². The van der Waals surface area contributed by atoms with Gasteiger partial charge in [0.2, 0.25) is 5.91 Å². The number of pyridine rings is 1. The number of amides is 1. The van der Waals surface area contributed by atoms with Gasteiger partial charge in [0.25, 0.3) is 0 Å². The number of furan rings is 1. The van der Waals surface area contributed by atoms with E-state index in [1.807, 2.05) is 92.7 Å². The Balaban J connectivity index is 1.56. The molecule has 1 amide bonds. The molecule has 35 heavy (non-hydrogen) atoms. The second-order valence-corrected chi connectivity index (χ2v) is 8.85.